The predicted octanol–water partition coefficient (Wildman–Crippen LogP) is 2.36. The van der Waals surface area contributed by atoms with Gasteiger partial charge in [0.15, 0.2) is 0 Å². The minimum Gasteiger partial charge on any atom is -0.467 e. The van der Waals surface area contributed by atoms with Crippen molar-refractivity contribution >= 4 is 0 Å². The van der Waals surface area contributed by atoms with Crippen LogP contribution in [0, 0.1) is 5.92 Å². The van der Waals surface area contributed by atoms with Crippen molar-refractivity contribution in [2.45, 2.75) is 26.4 Å². The molecule has 0 saturated carbocycles. The number of aliphatic hydroxyl groups is 1. The summed E-state index contributed by atoms with van der Waals surface area (Å²) in [5, 5.41) is 9.58. The van der Waals surface area contributed by atoms with Crippen LogP contribution in [0.15, 0.2) is 22.8 Å². The topological polar surface area (TPSA) is 33.4 Å². The molecule has 11 heavy (non-hydrogen) atoms. The number of hydrogen-bond acceptors (Lipinski definition) is 2. The van der Waals surface area contributed by atoms with Gasteiger partial charge in [0.2, 0.25) is 0 Å². The predicted molar refractivity (Wildman–Crippen MR) is 43.1 cm³/mol. The summed E-state index contributed by atoms with van der Waals surface area (Å²) in [4.78, 5) is 0. The molecule has 62 valence electrons. The monoisotopic (exact) mass is 154 g/mol. The zero-order valence-corrected chi connectivity index (χ0v) is 6.95. The van der Waals surface area contributed by atoms with Crippen LogP contribution in [0.3, 0.4) is 0 Å². The molecule has 2 unspecified atom stereocenters. The van der Waals surface area contributed by atoms with Gasteiger partial charge in [-0.2, -0.15) is 0 Å². The molecule has 1 heterocycles. The average molecular weight is 154 g/mol. The first-order chi connectivity index (χ1) is 5.25. The first-order valence-corrected chi connectivity index (χ1v) is 3.97. The lowest BCUT2D eigenvalue weighted by Gasteiger charge is -2.13. The molecular formula is C9H14O2. The second kappa shape index (κ2) is 3.58. The van der Waals surface area contributed by atoms with Crippen molar-refractivity contribution in [2.75, 3.05) is 0 Å². The van der Waals surface area contributed by atoms with Gasteiger partial charge in [-0.05, 0) is 18.1 Å². The molecule has 1 aromatic rings. The van der Waals surface area contributed by atoms with Gasteiger partial charge >= 0.3 is 0 Å². The summed E-state index contributed by atoms with van der Waals surface area (Å²) in [7, 11) is 0. The third-order valence-corrected chi connectivity index (χ3v) is 2.02. The molecule has 0 spiro atoms. The van der Waals surface area contributed by atoms with Gasteiger partial charge in [0, 0.05) is 0 Å². The fraction of sp³-hybridized carbons (Fsp3) is 0.556. The van der Waals surface area contributed by atoms with Gasteiger partial charge in [0.1, 0.15) is 11.9 Å². The smallest absolute Gasteiger partial charge is 0.132 e. The van der Waals surface area contributed by atoms with E-state index in [4.69, 9.17) is 4.42 Å². The highest BCUT2D eigenvalue weighted by Gasteiger charge is 2.16. The third-order valence-electron chi connectivity index (χ3n) is 2.02. The third kappa shape index (κ3) is 1.84. The maximum absolute atomic E-state index is 9.58. The van der Waals surface area contributed by atoms with Crippen molar-refractivity contribution in [2.24, 2.45) is 5.92 Å². The Bertz CT molecular complexity index is 191. The molecule has 2 nitrogen and oxygen atoms in total. The van der Waals surface area contributed by atoms with E-state index in [0.29, 0.717) is 5.76 Å². The fourth-order valence-electron chi connectivity index (χ4n) is 0.963. The molecule has 0 aliphatic rings. The molecule has 1 rings (SSSR count). The lowest BCUT2D eigenvalue weighted by atomic mass is 10.0. The molecule has 0 aliphatic carbocycles. The van der Waals surface area contributed by atoms with Crippen molar-refractivity contribution < 1.29 is 9.52 Å². The molecular weight excluding hydrogens is 140 g/mol. The largest absolute Gasteiger partial charge is 0.467 e. The number of rotatable bonds is 3. The molecule has 0 radical (unpaired) electrons. The highest BCUT2D eigenvalue weighted by molar-refractivity contribution is 5.02. The Kier molecular flexibility index (Phi) is 2.71. The molecule has 1 aromatic heterocycles. The normalized spacial score (nSPS) is 16.3. The van der Waals surface area contributed by atoms with Gasteiger partial charge in [-0.1, -0.05) is 20.3 Å². The lowest BCUT2D eigenvalue weighted by molar-refractivity contribution is 0.0923. The summed E-state index contributed by atoms with van der Waals surface area (Å²) in [6.07, 6.45) is 2.10. The molecule has 2 atom stereocenters. The first kappa shape index (κ1) is 8.34. The Labute approximate surface area is 66.8 Å². The van der Waals surface area contributed by atoms with E-state index < -0.39 is 6.10 Å². The van der Waals surface area contributed by atoms with Crippen molar-refractivity contribution in [1.29, 1.82) is 0 Å². The van der Waals surface area contributed by atoms with Crippen molar-refractivity contribution in [1.82, 2.24) is 0 Å². The summed E-state index contributed by atoms with van der Waals surface area (Å²) >= 11 is 0. The lowest BCUT2D eigenvalue weighted by Crippen LogP contribution is -2.06. The Hall–Kier alpha value is -0.760. The quantitative estimate of drug-likeness (QED) is 0.725. The first-order valence-electron chi connectivity index (χ1n) is 3.97. The Morgan fingerprint density at radius 2 is 2.36 bits per heavy atom. The highest BCUT2D eigenvalue weighted by atomic mass is 16.4. The second-order valence-electron chi connectivity index (χ2n) is 2.85. The number of aliphatic hydroxyl groups excluding tert-OH is 1. The van der Waals surface area contributed by atoms with E-state index in [1.54, 1.807) is 18.4 Å². The van der Waals surface area contributed by atoms with Gasteiger partial charge in [-0.25, -0.2) is 0 Å². The van der Waals surface area contributed by atoms with Crippen LogP contribution in [0.1, 0.15) is 32.1 Å². The maximum atomic E-state index is 9.58. The molecule has 2 heteroatoms. The maximum Gasteiger partial charge on any atom is 0.132 e. The number of furan rings is 1. The summed E-state index contributed by atoms with van der Waals surface area (Å²) in [6.45, 7) is 4.06. The van der Waals surface area contributed by atoms with Crippen LogP contribution in [-0.4, -0.2) is 5.11 Å². The molecule has 0 amide bonds. The second-order valence-corrected chi connectivity index (χ2v) is 2.85. The van der Waals surface area contributed by atoms with Crippen LogP contribution in [0.5, 0.6) is 0 Å². The average Bonchev–Trinajstić information content (AvgIpc) is 2.53. The van der Waals surface area contributed by atoms with E-state index in [2.05, 4.69) is 6.92 Å². The molecule has 0 fully saturated rings. The van der Waals surface area contributed by atoms with Crippen LogP contribution in [-0.2, 0) is 0 Å². The standard InChI is InChI=1S/C9H14O2/c1-3-7(2)9(10)8-5-4-6-11-8/h4-7,9-10H,3H2,1-2H3. The Balaban J connectivity index is 2.62. The number of hydrogen-bond donors (Lipinski definition) is 1. The minimum atomic E-state index is -0.449. The summed E-state index contributed by atoms with van der Waals surface area (Å²) in [5.74, 6) is 0.931. The Morgan fingerprint density at radius 3 is 2.82 bits per heavy atom. The van der Waals surface area contributed by atoms with E-state index in [1.165, 1.54) is 0 Å². The molecule has 1 N–H and O–H groups in total. The summed E-state index contributed by atoms with van der Waals surface area (Å²) in [5.41, 5.74) is 0. The van der Waals surface area contributed by atoms with E-state index in [0.717, 1.165) is 6.42 Å². The highest BCUT2D eigenvalue weighted by Crippen LogP contribution is 2.23. The zero-order valence-electron chi connectivity index (χ0n) is 6.95. The van der Waals surface area contributed by atoms with Crippen molar-refractivity contribution in [3.8, 4) is 0 Å². The van der Waals surface area contributed by atoms with Crippen molar-refractivity contribution in [3.63, 3.8) is 0 Å². The SMILES string of the molecule is CCC(C)C(O)c1ccco1. The Morgan fingerprint density at radius 1 is 1.64 bits per heavy atom. The van der Waals surface area contributed by atoms with Gasteiger partial charge in [-0.3, -0.25) is 0 Å². The van der Waals surface area contributed by atoms with Crippen LogP contribution >= 0.6 is 0 Å². The van der Waals surface area contributed by atoms with E-state index in [1.807, 2.05) is 6.92 Å². The van der Waals surface area contributed by atoms with Gasteiger partial charge in [0.25, 0.3) is 0 Å². The van der Waals surface area contributed by atoms with Crippen LogP contribution in [0.2, 0.25) is 0 Å². The molecule has 0 bridgehead atoms. The van der Waals surface area contributed by atoms with E-state index in [9.17, 15) is 5.11 Å². The summed E-state index contributed by atoms with van der Waals surface area (Å²) in [6, 6.07) is 3.60. The van der Waals surface area contributed by atoms with Gasteiger partial charge < -0.3 is 9.52 Å². The van der Waals surface area contributed by atoms with E-state index in [-0.39, 0.29) is 5.92 Å². The van der Waals surface area contributed by atoms with Gasteiger partial charge in [-0.15, -0.1) is 0 Å². The van der Waals surface area contributed by atoms with Gasteiger partial charge in [0.05, 0.1) is 6.26 Å². The molecule has 0 aromatic carbocycles. The van der Waals surface area contributed by atoms with Crippen LogP contribution < -0.4 is 0 Å². The molecule has 0 aliphatic heterocycles. The van der Waals surface area contributed by atoms with Crippen LogP contribution in [0.4, 0.5) is 0 Å². The van der Waals surface area contributed by atoms with E-state index >= 15 is 0 Å². The zero-order chi connectivity index (χ0) is 8.27. The summed E-state index contributed by atoms with van der Waals surface area (Å²) < 4.78 is 5.07. The van der Waals surface area contributed by atoms with Crippen molar-refractivity contribution in [3.05, 3.63) is 24.2 Å². The fourth-order valence-corrected chi connectivity index (χ4v) is 0.963. The van der Waals surface area contributed by atoms with Crippen LogP contribution in [0.25, 0.3) is 0 Å². The minimum absolute atomic E-state index is 0.265. The molecule has 0 saturated heterocycles.